The summed E-state index contributed by atoms with van der Waals surface area (Å²) in [7, 11) is 0. The Hall–Kier alpha value is -3.44. The maximum absolute atomic E-state index is 13.0. The Balaban J connectivity index is 2.19. The molecule has 1 aromatic heterocycles. The Morgan fingerprint density at radius 3 is 2.21 bits per heavy atom. The summed E-state index contributed by atoms with van der Waals surface area (Å²) in [5.41, 5.74) is 7.58. The van der Waals surface area contributed by atoms with Crippen molar-refractivity contribution in [2.75, 3.05) is 6.61 Å². The highest BCUT2D eigenvalue weighted by Crippen LogP contribution is 2.19. The molecule has 0 aliphatic rings. The number of carbonyl (C=O) groups excluding carboxylic acids is 3. The number of aliphatic hydroxyl groups excluding tert-OH is 1. The van der Waals surface area contributed by atoms with E-state index in [0.717, 1.165) is 16.5 Å². The summed E-state index contributed by atoms with van der Waals surface area (Å²) in [6, 6.07) is 3.01. The van der Waals surface area contributed by atoms with Gasteiger partial charge in [0.2, 0.25) is 17.7 Å². The predicted octanol–water partition coefficient (Wildman–Crippen LogP) is -0.755. The number of fused-ring (bicyclic) bond motifs is 1. The number of hydrogen-bond acceptors (Lipinski definition) is 6. The van der Waals surface area contributed by atoms with Crippen LogP contribution in [0.5, 0.6) is 0 Å². The molecule has 0 fully saturated rings. The maximum atomic E-state index is 13.0. The van der Waals surface area contributed by atoms with E-state index in [-0.39, 0.29) is 12.3 Å². The van der Waals surface area contributed by atoms with Gasteiger partial charge in [0.25, 0.3) is 0 Å². The Morgan fingerprint density at radius 2 is 1.61 bits per heavy atom. The van der Waals surface area contributed by atoms with Crippen LogP contribution in [0, 0.1) is 5.92 Å². The molecule has 8 N–H and O–H groups in total. The third kappa shape index (κ3) is 6.77. The van der Waals surface area contributed by atoms with Crippen molar-refractivity contribution in [1.82, 2.24) is 20.9 Å². The highest BCUT2D eigenvalue weighted by Gasteiger charge is 2.29. The largest absolute Gasteiger partial charge is 0.480 e. The third-order valence-corrected chi connectivity index (χ3v) is 5.30. The lowest BCUT2D eigenvalue weighted by Crippen LogP contribution is -2.57. The fourth-order valence-electron chi connectivity index (χ4n) is 3.16. The van der Waals surface area contributed by atoms with Crippen molar-refractivity contribution < 1.29 is 29.4 Å². The van der Waals surface area contributed by atoms with Crippen LogP contribution < -0.4 is 21.7 Å². The lowest BCUT2D eigenvalue weighted by atomic mass is 10.0. The molecule has 11 nitrogen and oxygen atoms in total. The number of benzene rings is 1. The first-order valence-electron chi connectivity index (χ1n) is 10.6. The minimum Gasteiger partial charge on any atom is -0.480 e. The molecule has 0 radical (unpaired) electrons. The molecule has 0 saturated heterocycles. The summed E-state index contributed by atoms with van der Waals surface area (Å²) < 4.78 is 0. The number of nitrogens with one attached hydrogen (secondary N) is 4. The van der Waals surface area contributed by atoms with E-state index in [4.69, 9.17) is 15.9 Å². The molecule has 0 bridgehead atoms. The topological polar surface area (TPSA) is 187 Å². The van der Waals surface area contributed by atoms with Crippen molar-refractivity contribution in [3.05, 3.63) is 36.0 Å². The molecule has 2 rings (SSSR count). The van der Waals surface area contributed by atoms with Gasteiger partial charge in [-0.25, -0.2) is 4.79 Å². The van der Waals surface area contributed by atoms with Gasteiger partial charge < -0.3 is 36.9 Å². The van der Waals surface area contributed by atoms with Gasteiger partial charge in [0.05, 0.1) is 12.6 Å². The summed E-state index contributed by atoms with van der Waals surface area (Å²) in [4.78, 5) is 52.0. The van der Waals surface area contributed by atoms with Crippen LogP contribution in [0.1, 0.15) is 26.3 Å². The second-order valence-corrected chi connectivity index (χ2v) is 8.21. The Kier molecular flexibility index (Phi) is 8.94. The van der Waals surface area contributed by atoms with Crippen LogP contribution in [0.2, 0.25) is 0 Å². The second kappa shape index (κ2) is 11.4. The van der Waals surface area contributed by atoms with Crippen LogP contribution in [0.25, 0.3) is 10.9 Å². The van der Waals surface area contributed by atoms with Gasteiger partial charge in [-0.3, -0.25) is 14.4 Å². The van der Waals surface area contributed by atoms with Gasteiger partial charge in [0.1, 0.15) is 18.1 Å². The van der Waals surface area contributed by atoms with Crippen molar-refractivity contribution in [3.63, 3.8) is 0 Å². The fourth-order valence-corrected chi connectivity index (χ4v) is 3.16. The highest BCUT2D eigenvalue weighted by molar-refractivity contribution is 5.94. The summed E-state index contributed by atoms with van der Waals surface area (Å²) in [6.07, 6.45) is 1.88. The molecule has 0 spiro atoms. The molecule has 0 saturated carbocycles. The Morgan fingerprint density at radius 1 is 0.970 bits per heavy atom. The van der Waals surface area contributed by atoms with Gasteiger partial charge in [-0.2, -0.15) is 0 Å². The third-order valence-electron chi connectivity index (χ3n) is 5.30. The van der Waals surface area contributed by atoms with Crippen LogP contribution in [0.15, 0.2) is 30.5 Å². The van der Waals surface area contributed by atoms with E-state index < -0.39 is 54.5 Å². The number of rotatable bonds is 11. The highest BCUT2D eigenvalue weighted by atomic mass is 16.4. The fraction of sp³-hybridized carbons (Fsp3) is 0.455. The average Bonchev–Trinajstić information content (AvgIpc) is 3.18. The van der Waals surface area contributed by atoms with Gasteiger partial charge in [0.15, 0.2) is 0 Å². The standard InChI is InChI=1S/C22H31N5O6/c1-11(2)18(23)21(31)26-16(8-13-9-24-15-7-5-4-6-14(13)15)20(30)25-12(3)19(29)27-17(10-28)22(32)33/h4-7,9,11-12,16-18,24,28H,8,10,23H2,1-3H3,(H,25,30)(H,26,31)(H,27,29)(H,32,33). The van der Waals surface area contributed by atoms with Crippen LogP contribution in [0.4, 0.5) is 0 Å². The summed E-state index contributed by atoms with van der Waals surface area (Å²) in [5.74, 6) is -3.49. The molecule has 2 aromatic rings. The number of carboxylic acids is 1. The SMILES string of the molecule is CC(NC(=O)C(Cc1c[nH]c2ccccc12)NC(=O)C(N)C(C)C)C(=O)NC(CO)C(=O)O. The molecule has 180 valence electrons. The quantitative estimate of drug-likeness (QED) is 0.229. The van der Waals surface area contributed by atoms with Crippen LogP contribution in [-0.2, 0) is 25.6 Å². The number of H-pyrrole nitrogens is 1. The summed E-state index contributed by atoms with van der Waals surface area (Å²) in [6.45, 7) is 4.14. The van der Waals surface area contributed by atoms with E-state index in [9.17, 15) is 19.2 Å². The number of nitrogens with two attached hydrogens (primary N) is 1. The first-order valence-corrected chi connectivity index (χ1v) is 10.6. The number of hydrogen-bond donors (Lipinski definition) is 7. The Bertz CT molecular complexity index is 1000. The number of aromatic nitrogens is 1. The molecule has 3 amide bonds. The Labute approximate surface area is 191 Å². The number of para-hydroxylation sites is 1. The van der Waals surface area contributed by atoms with Gasteiger partial charge in [0, 0.05) is 23.5 Å². The van der Waals surface area contributed by atoms with Gasteiger partial charge in [-0.05, 0) is 24.5 Å². The molecular weight excluding hydrogens is 430 g/mol. The lowest BCUT2D eigenvalue weighted by molar-refractivity contribution is -0.143. The first kappa shape index (κ1) is 25.8. The zero-order valence-corrected chi connectivity index (χ0v) is 18.8. The molecular formula is C22H31N5O6. The van der Waals surface area contributed by atoms with Gasteiger partial charge >= 0.3 is 5.97 Å². The second-order valence-electron chi connectivity index (χ2n) is 8.21. The summed E-state index contributed by atoms with van der Waals surface area (Å²) >= 11 is 0. The smallest absolute Gasteiger partial charge is 0.328 e. The molecule has 4 unspecified atom stereocenters. The number of aromatic amines is 1. The number of carbonyl (C=O) groups is 4. The van der Waals surface area contributed by atoms with Gasteiger partial charge in [-0.1, -0.05) is 32.0 Å². The molecule has 1 heterocycles. The van der Waals surface area contributed by atoms with Crippen LogP contribution in [0.3, 0.4) is 0 Å². The lowest BCUT2D eigenvalue weighted by Gasteiger charge is -2.24. The monoisotopic (exact) mass is 461 g/mol. The van der Waals surface area contributed by atoms with E-state index in [1.807, 2.05) is 24.3 Å². The normalized spacial score (nSPS) is 14.8. The van der Waals surface area contributed by atoms with Crippen molar-refractivity contribution in [1.29, 1.82) is 0 Å². The van der Waals surface area contributed by atoms with Crippen molar-refractivity contribution in [2.24, 2.45) is 11.7 Å². The molecule has 1 aromatic carbocycles. The van der Waals surface area contributed by atoms with Crippen LogP contribution in [-0.4, -0.2) is 69.7 Å². The van der Waals surface area contributed by atoms with Crippen molar-refractivity contribution >= 4 is 34.6 Å². The molecule has 33 heavy (non-hydrogen) atoms. The number of aliphatic hydroxyl groups is 1. The van der Waals surface area contributed by atoms with E-state index in [0.29, 0.717) is 0 Å². The number of aliphatic carboxylic acids is 1. The van der Waals surface area contributed by atoms with Crippen LogP contribution >= 0.6 is 0 Å². The van der Waals surface area contributed by atoms with Crippen molar-refractivity contribution in [2.45, 2.75) is 51.4 Å². The van der Waals surface area contributed by atoms with E-state index in [1.54, 1.807) is 20.0 Å². The number of carboxylic acid groups (broad SMARTS) is 1. The zero-order chi connectivity index (χ0) is 24.7. The molecule has 4 atom stereocenters. The minimum atomic E-state index is -1.50. The van der Waals surface area contributed by atoms with E-state index >= 15 is 0 Å². The first-order chi connectivity index (χ1) is 15.5. The van der Waals surface area contributed by atoms with E-state index in [2.05, 4.69) is 20.9 Å². The van der Waals surface area contributed by atoms with E-state index in [1.165, 1.54) is 6.92 Å². The zero-order valence-electron chi connectivity index (χ0n) is 18.8. The molecule has 11 heteroatoms. The van der Waals surface area contributed by atoms with Crippen molar-refractivity contribution in [3.8, 4) is 0 Å². The average molecular weight is 462 g/mol. The maximum Gasteiger partial charge on any atom is 0.328 e. The molecule has 0 aliphatic heterocycles. The number of amides is 3. The predicted molar refractivity (Wildman–Crippen MR) is 121 cm³/mol. The summed E-state index contributed by atoms with van der Waals surface area (Å²) in [5, 5.41) is 26.2. The minimum absolute atomic E-state index is 0.134. The molecule has 0 aliphatic carbocycles. The van der Waals surface area contributed by atoms with Gasteiger partial charge in [-0.15, -0.1) is 0 Å².